The molecule has 1 aliphatic heterocycles. The van der Waals surface area contributed by atoms with E-state index in [2.05, 4.69) is 79.4 Å². The van der Waals surface area contributed by atoms with E-state index in [0.29, 0.717) is 0 Å². The van der Waals surface area contributed by atoms with E-state index in [-0.39, 0.29) is 0 Å². The van der Waals surface area contributed by atoms with Gasteiger partial charge in [-0.05, 0) is 55.7 Å². The highest BCUT2D eigenvalue weighted by Gasteiger charge is 2.24. The van der Waals surface area contributed by atoms with E-state index >= 15 is 0 Å². The van der Waals surface area contributed by atoms with Crippen LogP contribution >= 0.6 is 11.3 Å². The molecule has 0 saturated carbocycles. The number of aryl methyl sites for hydroxylation is 2. The molecule has 3 heterocycles. The zero-order chi connectivity index (χ0) is 21.2. The Labute approximate surface area is 188 Å². The lowest BCUT2D eigenvalue weighted by molar-refractivity contribution is 0.402. The lowest BCUT2D eigenvalue weighted by Gasteiger charge is -2.33. The van der Waals surface area contributed by atoms with E-state index in [4.69, 9.17) is 9.97 Å². The minimum Gasteiger partial charge on any atom is -0.356 e. The summed E-state index contributed by atoms with van der Waals surface area (Å²) in [6, 6.07) is 21.5. The molecule has 31 heavy (non-hydrogen) atoms. The topological polar surface area (TPSA) is 29.0 Å². The minimum atomic E-state index is 0.755. The van der Waals surface area contributed by atoms with Crippen molar-refractivity contribution in [1.29, 1.82) is 0 Å². The number of anilines is 1. The van der Waals surface area contributed by atoms with Crippen LogP contribution in [0.25, 0.3) is 10.2 Å². The Kier molecular flexibility index (Phi) is 5.73. The Balaban J connectivity index is 1.40. The summed E-state index contributed by atoms with van der Waals surface area (Å²) in [7, 11) is 0. The Morgan fingerprint density at radius 3 is 2.19 bits per heavy atom. The second kappa shape index (κ2) is 8.80. The number of nitrogens with zero attached hydrogens (tertiary/aromatic N) is 3. The minimum absolute atomic E-state index is 0.755. The fourth-order valence-electron chi connectivity index (χ4n) is 4.65. The first-order chi connectivity index (χ1) is 15.2. The summed E-state index contributed by atoms with van der Waals surface area (Å²) < 4.78 is 0. The van der Waals surface area contributed by atoms with E-state index in [1.807, 2.05) is 0 Å². The van der Waals surface area contributed by atoms with Gasteiger partial charge in [-0.3, -0.25) is 0 Å². The quantitative estimate of drug-likeness (QED) is 0.371. The average Bonchev–Trinajstić information content (AvgIpc) is 3.08. The largest absolute Gasteiger partial charge is 0.356 e. The molecular formula is C27H29N3S. The van der Waals surface area contributed by atoms with Crippen LogP contribution in [0.1, 0.15) is 40.2 Å². The Bertz CT molecular complexity index is 1160. The molecule has 4 aromatic rings. The molecule has 2 aromatic carbocycles. The van der Waals surface area contributed by atoms with Gasteiger partial charge in [0.1, 0.15) is 16.5 Å². The Morgan fingerprint density at radius 1 is 0.871 bits per heavy atom. The van der Waals surface area contributed by atoms with Crippen molar-refractivity contribution < 1.29 is 0 Å². The van der Waals surface area contributed by atoms with Crippen molar-refractivity contribution in [3.63, 3.8) is 0 Å². The van der Waals surface area contributed by atoms with Crippen LogP contribution in [0.5, 0.6) is 0 Å². The standard InChI is InChI=1S/C27H29N3S/c1-19-20(2)31-27-25(19)26(28-24(29-27)18-22-11-7-4-8-12-22)30-15-13-23(14-16-30)17-21-9-5-3-6-10-21/h3-12,23H,13-18H2,1-2H3. The van der Waals surface area contributed by atoms with Gasteiger partial charge < -0.3 is 4.90 Å². The van der Waals surface area contributed by atoms with Gasteiger partial charge >= 0.3 is 0 Å². The fraction of sp³-hybridized carbons (Fsp3) is 0.333. The maximum Gasteiger partial charge on any atom is 0.141 e. The van der Waals surface area contributed by atoms with Crippen molar-refractivity contribution >= 4 is 27.4 Å². The third kappa shape index (κ3) is 4.35. The highest BCUT2D eigenvalue weighted by Crippen LogP contribution is 2.37. The van der Waals surface area contributed by atoms with Crippen molar-refractivity contribution in [2.75, 3.05) is 18.0 Å². The highest BCUT2D eigenvalue weighted by molar-refractivity contribution is 7.18. The van der Waals surface area contributed by atoms with Crippen LogP contribution in [-0.4, -0.2) is 23.1 Å². The molecule has 0 amide bonds. The van der Waals surface area contributed by atoms with Gasteiger partial charge in [-0.1, -0.05) is 60.7 Å². The normalized spacial score (nSPS) is 15.0. The lowest BCUT2D eigenvalue weighted by Crippen LogP contribution is -2.35. The van der Waals surface area contributed by atoms with E-state index in [9.17, 15) is 0 Å². The number of hydrogen-bond acceptors (Lipinski definition) is 4. The molecule has 4 heteroatoms. The maximum atomic E-state index is 5.12. The molecule has 0 atom stereocenters. The third-order valence-electron chi connectivity index (χ3n) is 6.54. The summed E-state index contributed by atoms with van der Waals surface area (Å²) in [5.41, 5.74) is 4.06. The van der Waals surface area contributed by atoms with Crippen LogP contribution in [0.3, 0.4) is 0 Å². The number of rotatable bonds is 5. The van der Waals surface area contributed by atoms with Gasteiger partial charge in [0.2, 0.25) is 0 Å². The third-order valence-corrected chi connectivity index (χ3v) is 7.64. The van der Waals surface area contributed by atoms with E-state index in [0.717, 1.165) is 41.9 Å². The van der Waals surface area contributed by atoms with Crippen LogP contribution in [-0.2, 0) is 12.8 Å². The molecule has 3 nitrogen and oxygen atoms in total. The maximum absolute atomic E-state index is 5.12. The van der Waals surface area contributed by atoms with Gasteiger partial charge in [0.05, 0.1) is 5.39 Å². The number of benzene rings is 2. The number of thiophene rings is 1. The molecule has 1 aliphatic rings. The summed E-state index contributed by atoms with van der Waals surface area (Å²) in [4.78, 5) is 15.1. The predicted octanol–water partition coefficient (Wildman–Crippen LogP) is 6.36. The van der Waals surface area contributed by atoms with Crippen molar-refractivity contribution in [2.24, 2.45) is 5.92 Å². The molecule has 0 aliphatic carbocycles. The number of piperidine rings is 1. The van der Waals surface area contributed by atoms with Crippen LogP contribution in [0.4, 0.5) is 5.82 Å². The molecule has 0 N–H and O–H groups in total. The van der Waals surface area contributed by atoms with Crippen LogP contribution < -0.4 is 4.90 Å². The second-order valence-electron chi connectivity index (χ2n) is 8.71. The first-order valence-electron chi connectivity index (χ1n) is 11.3. The summed E-state index contributed by atoms with van der Waals surface area (Å²) in [5, 5.41) is 1.26. The first-order valence-corrected chi connectivity index (χ1v) is 12.1. The molecule has 158 valence electrons. The average molecular weight is 428 g/mol. The summed E-state index contributed by atoms with van der Waals surface area (Å²) in [6.07, 6.45) is 4.40. The van der Waals surface area contributed by atoms with Crippen molar-refractivity contribution in [3.05, 3.63) is 88.1 Å². The van der Waals surface area contributed by atoms with Gasteiger partial charge in [0, 0.05) is 24.4 Å². The summed E-state index contributed by atoms with van der Waals surface area (Å²) >= 11 is 1.81. The van der Waals surface area contributed by atoms with Crippen molar-refractivity contribution in [1.82, 2.24) is 9.97 Å². The van der Waals surface area contributed by atoms with Crippen LogP contribution in [0.15, 0.2) is 60.7 Å². The zero-order valence-electron chi connectivity index (χ0n) is 18.3. The fourth-order valence-corrected chi connectivity index (χ4v) is 5.70. The molecule has 1 fully saturated rings. The Hall–Kier alpha value is -2.72. The zero-order valence-corrected chi connectivity index (χ0v) is 19.2. The van der Waals surface area contributed by atoms with Gasteiger partial charge in [-0.2, -0.15) is 0 Å². The van der Waals surface area contributed by atoms with E-state index in [1.165, 1.54) is 46.2 Å². The number of aromatic nitrogens is 2. The molecule has 5 rings (SSSR count). The lowest BCUT2D eigenvalue weighted by atomic mass is 9.90. The predicted molar refractivity (Wildman–Crippen MR) is 131 cm³/mol. The molecule has 2 aromatic heterocycles. The summed E-state index contributed by atoms with van der Waals surface area (Å²) in [6.45, 7) is 6.57. The van der Waals surface area contributed by atoms with E-state index in [1.54, 1.807) is 11.3 Å². The molecule has 0 bridgehead atoms. The van der Waals surface area contributed by atoms with Crippen LogP contribution in [0.2, 0.25) is 0 Å². The molecular weight excluding hydrogens is 398 g/mol. The Morgan fingerprint density at radius 2 is 1.52 bits per heavy atom. The van der Waals surface area contributed by atoms with Crippen molar-refractivity contribution in [3.8, 4) is 0 Å². The summed E-state index contributed by atoms with van der Waals surface area (Å²) in [5.74, 6) is 2.84. The van der Waals surface area contributed by atoms with Crippen molar-refractivity contribution in [2.45, 2.75) is 39.5 Å². The van der Waals surface area contributed by atoms with Gasteiger partial charge in [0.25, 0.3) is 0 Å². The SMILES string of the molecule is Cc1sc2nc(Cc3ccccc3)nc(N3CCC(Cc4ccccc4)CC3)c2c1C. The highest BCUT2D eigenvalue weighted by atomic mass is 32.1. The number of hydrogen-bond donors (Lipinski definition) is 0. The molecule has 0 spiro atoms. The van der Waals surface area contributed by atoms with Gasteiger partial charge in [-0.25, -0.2) is 9.97 Å². The van der Waals surface area contributed by atoms with Gasteiger partial charge in [-0.15, -0.1) is 11.3 Å². The van der Waals surface area contributed by atoms with E-state index < -0.39 is 0 Å². The number of fused-ring (bicyclic) bond motifs is 1. The van der Waals surface area contributed by atoms with Gasteiger partial charge in [0.15, 0.2) is 0 Å². The first kappa shape index (κ1) is 20.2. The van der Waals surface area contributed by atoms with Crippen LogP contribution in [0, 0.1) is 19.8 Å². The molecule has 0 unspecified atom stereocenters. The second-order valence-corrected chi connectivity index (χ2v) is 9.91. The molecule has 1 saturated heterocycles. The monoisotopic (exact) mass is 427 g/mol. The smallest absolute Gasteiger partial charge is 0.141 e. The molecule has 0 radical (unpaired) electrons.